The molecular weight excluding hydrogens is 304 g/mol. The summed E-state index contributed by atoms with van der Waals surface area (Å²) in [6.07, 6.45) is 7.23. The van der Waals surface area contributed by atoms with Crippen LogP contribution in [-0.4, -0.2) is 50.6 Å². The first-order chi connectivity index (χ1) is 11.8. The van der Waals surface area contributed by atoms with Crippen LogP contribution in [0, 0.1) is 5.92 Å². The van der Waals surface area contributed by atoms with Gasteiger partial charge in [0.25, 0.3) is 5.91 Å². The number of aliphatic hydroxyl groups excluding tert-OH is 1. The number of fused-ring (bicyclic) bond motifs is 1. The standard InChI is InChI=1S/C18H20N4O2/c23-11-12-3-7-22(8-4-12)18(24)16-9-13(10-21-16)14-1-5-19-17-15(14)2-6-20-17/h1-2,5-6,9-10,12,21,23H,3-4,7-8,11H2,(H,19,20). The van der Waals surface area contributed by atoms with E-state index < -0.39 is 0 Å². The van der Waals surface area contributed by atoms with E-state index in [0.29, 0.717) is 24.7 Å². The van der Waals surface area contributed by atoms with Crippen molar-refractivity contribution < 1.29 is 9.90 Å². The van der Waals surface area contributed by atoms with Crippen LogP contribution in [0.3, 0.4) is 0 Å². The number of H-pyrrole nitrogens is 2. The molecule has 0 atom stereocenters. The number of pyridine rings is 1. The van der Waals surface area contributed by atoms with E-state index in [-0.39, 0.29) is 12.5 Å². The Morgan fingerprint density at radius 3 is 2.92 bits per heavy atom. The van der Waals surface area contributed by atoms with Crippen LogP contribution < -0.4 is 0 Å². The summed E-state index contributed by atoms with van der Waals surface area (Å²) in [4.78, 5) is 25.0. The van der Waals surface area contributed by atoms with Gasteiger partial charge in [-0.15, -0.1) is 0 Å². The van der Waals surface area contributed by atoms with Crippen LogP contribution in [-0.2, 0) is 0 Å². The summed E-state index contributed by atoms with van der Waals surface area (Å²) in [6, 6.07) is 5.86. The van der Waals surface area contributed by atoms with Crippen LogP contribution in [0.5, 0.6) is 0 Å². The number of hydrogen-bond acceptors (Lipinski definition) is 3. The Morgan fingerprint density at radius 1 is 1.29 bits per heavy atom. The van der Waals surface area contributed by atoms with Gasteiger partial charge in [0, 0.05) is 49.2 Å². The molecular formula is C18H20N4O2. The average Bonchev–Trinajstić information content (AvgIpc) is 3.30. The fourth-order valence-corrected chi connectivity index (χ4v) is 3.37. The maximum atomic E-state index is 12.7. The maximum absolute atomic E-state index is 12.7. The molecule has 24 heavy (non-hydrogen) atoms. The maximum Gasteiger partial charge on any atom is 0.270 e. The fraction of sp³-hybridized carbons (Fsp3) is 0.333. The van der Waals surface area contributed by atoms with Gasteiger partial charge in [0.15, 0.2) is 0 Å². The molecule has 4 rings (SSSR count). The number of piperidine rings is 1. The van der Waals surface area contributed by atoms with Crippen LogP contribution in [0.4, 0.5) is 0 Å². The number of nitrogens with zero attached hydrogens (tertiary/aromatic N) is 2. The van der Waals surface area contributed by atoms with Crippen LogP contribution in [0.25, 0.3) is 22.2 Å². The number of aromatic nitrogens is 3. The number of hydrogen-bond donors (Lipinski definition) is 3. The molecule has 1 saturated heterocycles. The van der Waals surface area contributed by atoms with Crippen molar-refractivity contribution in [3.63, 3.8) is 0 Å². The van der Waals surface area contributed by atoms with Gasteiger partial charge in [0.1, 0.15) is 11.3 Å². The molecule has 3 aromatic heterocycles. The molecule has 0 radical (unpaired) electrons. The summed E-state index contributed by atoms with van der Waals surface area (Å²) in [7, 11) is 0. The third-order valence-electron chi connectivity index (χ3n) is 4.84. The summed E-state index contributed by atoms with van der Waals surface area (Å²) in [5, 5.41) is 10.3. The molecule has 0 spiro atoms. The number of rotatable bonds is 3. The number of aromatic amines is 2. The van der Waals surface area contributed by atoms with E-state index in [9.17, 15) is 9.90 Å². The highest BCUT2D eigenvalue weighted by Crippen LogP contribution is 2.28. The van der Waals surface area contributed by atoms with Gasteiger partial charge in [-0.3, -0.25) is 4.79 Å². The van der Waals surface area contributed by atoms with Gasteiger partial charge in [-0.1, -0.05) is 0 Å². The lowest BCUT2D eigenvalue weighted by Gasteiger charge is -2.30. The van der Waals surface area contributed by atoms with Crippen molar-refractivity contribution in [1.29, 1.82) is 0 Å². The molecule has 3 aromatic rings. The Bertz CT molecular complexity index is 859. The molecule has 1 aliphatic rings. The normalized spacial score (nSPS) is 16.0. The molecule has 0 aliphatic carbocycles. The smallest absolute Gasteiger partial charge is 0.270 e. The Balaban J connectivity index is 1.57. The van der Waals surface area contributed by atoms with Gasteiger partial charge in [-0.05, 0) is 42.5 Å². The summed E-state index contributed by atoms with van der Waals surface area (Å²) in [5.74, 6) is 0.351. The van der Waals surface area contributed by atoms with Gasteiger partial charge < -0.3 is 20.0 Å². The lowest BCUT2D eigenvalue weighted by atomic mass is 9.98. The Kier molecular flexibility index (Phi) is 3.82. The highest BCUT2D eigenvalue weighted by atomic mass is 16.3. The predicted octanol–water partition coefficient (Wildman–Crippen LogP) is 2.40. The molecule has 4 heterocycles. The summed E-state index contributed by atoms with van der Waals surface area (Å²) in [5.41, 5.74) is 3.48. The predicted molar refractivity (Wildman–Crippen MR) is 91.6 cm³/mol. The molecule has 0 bridgehead atoms. The van der Waals surface area contributed by atoms with Gasteiger partial charge in [0.2, 0.25) is 0 Å². The van der Waals surface area contributed by atoms with E-state index in [4.69, 9.17) is 0 Å². The Labute approximate surface area is 139 Å². The largest absolute Gasteiger partial charge is 0.396 e. The first-order valence-corrected chi connectivity index (χ1v) is 8.27. The molecule has 6 nitrogen and oxygen atoms in total. The van der Waals surface area contributed by atoms with Crippen LogP contribution in [0.15, 0.2) is 36.8 Å². The first kappa shape index (κ1) is 15.0. The molecule has 0 saturated carbocycles. The summed E-state index contributed by atoms with van der Waals surface area (Å²) < 4.78 is 0. The van der Waals surface area contributed by atoms with Crippen molar-refractivity contribution in [2.45, 2.75) is 12.8 Å². The van der Waals surface area contributed by atoms with E-state index in [2.05, 4.69) is 15.0 Å². The van der Waals surface area contributed by atoms with Crippen molar-refractivity contribution in [1.82, 2.24) is 19.9 Å². The van der Waals surface area contributed by atoms with Crippen LogP contribution >= 0.6 is 0 Å². The zero-order valence-electron chi connectivity index (χ0n) is 13.3. The third kappa shape index (κ3) is 2.59. The SMILES string of the molecule is O=C(c1cc(-c2ccnc3[nH]ccc23)c[nH]1)N1CCC(CO)CC1. The average molecular weight is 324 g/mol. The minimum Gasteiger partial charge on any atom is -0.396 e. The molecule has 1 aliphatic heterocycles. The highest BCUT2D eigenvalue weighted by molar-refractivity contribution is 5.97. The molecule has 124 valence electrons. The third-order valence-corrected chi connectivity index (χ3v) is 4.84. The van der Waals surface area contributed by atoms with E-state index in [1.165, 1.54) is 0 Å². The quantitative estimate of drug-likeness (QED) is 0.691. The first-order valence-electron chi connectivity index (χ1n) is 8.27. The lowest BCUT2D eigenvalue weighted by molar-refractivity contribution is 0.0646. The minimum atomic E-state index is 0.0250. The van der Waals surface area contributed by atoms with Crippen molar-refractivity contribution in [3.05, 3.63) is 42.5 Å². The zero-order valence-corrected chi connectivity index (χ0v) is 13.3. The monoisotopic (exact) mass is 324 g/mol. The number of carbonyl (C=O) groups is 1. The van der Waals surface area contributed by atoms with E-state index in [0.717, 1.165) is 35.0 Å². The van der Waals surface area contributed by atoms with Gasteiger partial charge >= 0.3 is 0 Å². The van der Waals surface area contributed by atoms with E-state index in [1.54, 1.807) is 6.20 Å². The number of likely N-dealkylation sites (tertiary alicyclic amines) is 1. The number of nitrogens with one attached hydrogen (secondary N) is 2. The van der Waals surface area contributed by atoms with Gasteiger partial charge in [-0.25, -0.2) is 4.98 Å². The molecule has 6 heteroatoms. The minimum absolute atomic E-state index is 0.0250. The topological polar surface area (TPSA) is 85.0 Å². The van der Waals surface area contributed by atoms with Crippen molar-refractivity contribution >= 4 is 16.9 Å². The zero-order chi connectivity index (χ0) is 16.5. The number of amides is 1. The second-order valence-electron chi connectivity index (χ2n) is 6.32. The second kappa shape index (κ2) is 6.13. The number of carbonyl (C=O) groups excluding carboxylic acids is 1. The molecule has 1 amide bonds. The number of aliphatic hydroxyl groups is 1. The van der Waals surface area contributed by atoms with Crippen molar-refractivity contribution in [2.75, 3.05) is 19.7 Å². The second-order valence-corrected chi connectivity index (χ2v) is 6.32. The summed E-state index contributed by atoms with van der Waals surface area (Å²) >= 11 is 0. The molecule has 3 N–H and O–H groups in total. The van der Waals surface area contributed by atoms with E-state index in [1.807, 2.05) is 35.5 Å². The van der Waals surface area contributed by atoms with E-state index >= 15 is 0 Å². The molecule has 0 unspecified atom stereocenters. The lowest BCUT2D eigenvalue weighted by Crippen LogP contribution is -2.39. The van der Waals surface area contributed by atoms with Crippen LogP contribution in [0.1, 0.15) is 23.3 Å². The molecule has 1 fully saturated rings. The fourth-order valence-electron chi connectivity index (χ4n) is 3.37. The highest BCUT2D eigenvalue weighted by Gasteiger charge is 2.24. The molecule has 0 aromatic carbocycles. The summed E-state index contributed by atoms with van der Waals surface area (Å²) in [6.45, 7) is 1.62. The van der Waals surface area contributed by atoms with Gasteiger partial charge in [0.05, 0.1) is 0 Å². The van der Waals surface area contributed by atoms with Gasteiger partial charge in [-0.2, -0.15) is 0 Å². The van der Waals surface area contributed by atoms with Crippen molar-refractivity contribution in [3.8, 4) is 11.1 Å². The Hall–Kier alpha value is -2.60. The van der Waals surface area contributed by atoms with Crippen molar-refractivity contribution in [2.24, 2.45) is 5.92 Å². The van der Waals surface area contributed by atoms with Crippen LogP contribution in [0.2, 0.25) is 0 Å². The Morgan fingerprint density at radius 2 is 2.12 bits per heavy atom.